The molecule has 0 heterocycles. The molecule has 0 fully saturated rings. The molecule has 0 bridgehead atoms. The third kappa shape index (κ3) is 4.85. The van der Waals surface area contributed by atoms with E-state index in [1.165, 1.54) is 11.1 Å². The van der Waals surface area contributed by atoms with Crippen molar-refractivity contribution < 1.29 is 10.2 Å². The fourth-order valence-corrected chi connectivity index (χ4v) is 3.83. The molecule has 0 aliphatic carbocycles. The van der Waals surface area contributed by atoms with Crippen LogP contribution in [-0.2, 0) is 10.8 Å². The normalized spacial score (nSPS) is 13.3. The molecule has 2 nitrogen and oxygen atoms in total. The maximum atomic E-state index is 10.7. The highest BCUT2D eigenvalue weighted by molar-refractivity contribution is 7.19. The third-order valence-electron chi connectivity index (χ3n) is 5.15. The first-order valence-corrected chi connectivity index (χ1v) is 10.2. The minimum atomic E-state index is -0.262. The zero-order valence-electron chi connectivity index (χ0n) is 18.0. The van der Waals surface area contributed by atoms with E-state index in [4.69, 9.17) is 0 Å². The number of phenolic OH excluding ortho intramolecular Hbond substituents is 2. The van der Waals surface area contributed by atoms with Crippen LogP contribution in [0.1, 0.15) is 83.6 Å². The summed E-state index contributed by atoms with van der Waals surface area (Å²) < 4.78 is 0. The molecule has 0 amide bonds. The van der Waals surface area contributed by atoms with Gasteiger partial charge in [0.2, 0.25) is 0 Å². The summed E-state index contributed by atoms with van der Waals surface area (Å²) in [6.07, 6.45) is 0. The van der Waals surface area contributed by atoms with Gasteiger partial charge in [-0.2, -0.15) is 0 Å². The third-order valence-corrected chi connectivity index (χ3v) is 5.49. The molecule has 1 unspecified atom stereocenters. The molecule has 2 rings (SSSR count). The second kappa shape index (κ2) is 7.13. The monoisotopic (exact) mass is 386 g/mol. The van der Waals surface area contributed by atoms with Crippen LogP contribution in [0.3, 0.4) is 0 Å². The number of rotatable bonds is 3. The molecule has 0 saturated carbocycles. The number of aromatic hydroxyl groups is 2. The van der Waals surface area contributed by atoms with E-state index in [1.54, 1.807) is 12.1 Å². The van der Waals surface area contributed by atoms with Crippen LogP contribution in [0, 0.1) is 0 Å². The molecular weight excluding hydrogens is 351 g/mol. The van der Waals surface area contributed by atoms with Crippen LogP contribution in [0.25, 0.3) is 0 Å². The fourth-order valence-electron chi connectivity index (χ4n) is 3.47. The van der Waals surface area contributed by atoms with Crippen molar-refractivity contribution in [1.29, 1.82) is 0 Å². The van der Waals surface area contributed by atoms with E-state index in [2.05, 4.69) is 76.8 Å². The molecule has 0 aromatic heterocycles. The van der Waals surface area contributed by atoms with E-state index >= 15 is 0 Å². The summed E-state index contributed by atoms with van der Waals surface area (Å²) in [6, 6.07) is 11.7. The van der Waals surface area contributed by atoms with Gasteiger partial charge >= 0.3 is 0 Å². The van der Waals surface area contributed by atoms with Gasteiger partial charge in [-0.05, 0) is 39.2 Å². The quantitative estimate of drug-likeness (QED) is 0.593. The number of hydrogen-bond donors (Lipinski definition) is 2. The first-order chi connectivity index (χ1) is 12.1. The summed E-state index contributed by atoms with van der Waals surface area (Å²) in [6.45, 7) is 17.2. The molecule has 148 valence electrons. The van der Waals surface area contributed by atoms with Crippen molar-refractivity contribution >= 4 is 9.24 Å². The summed E-state index contributed by atoms with van der Waals surface area (Å²) in [4.78, 5) is 0. The van der Waals surface area contributed by atoms with E-state index in [1.807, 2.05) is 12.1 Å². The van der Waals surface area contributed by atoms with Gasteiger partial charge in [0.15, 0.2) is 0 Å². The highest BCUT2D eigenvalue weighted by Gasteiger charge is 2.34. The average Bonchev–Trinajstić information content (AvgIpc) is 2.47. The first-order valence-electron chi connectivity index (χ1n) is 9.58. The summed E-state index contributed by atoms with van der Waals surface area (Å²) in [7, 11) is 2.89. The molecule has 0 saturated heterocycles. The van der Waals surface area contributed by atoms with Crippen molar-refractivity contribution in [2.45, 2.75) is 77.3 Å². The van der Waals surface area contributed by atoms with Gasteiger partial charge in [-0.3, -0.25) is 0 Å². The summed E-state index contributed by atoms with van der Waals surface area (Å²) in [5, 5.41) is 21.2. The zero-order valence-corrected chi connectivity index (χ0v) is 19.2. The van der Waals surface area contributed by atoms with Gasteiger partial charge in [0.1, 0.15) is 11.5 Å². The Balaban J connectivity index is 2.77. The topological polar surface area (TPSA) is 40.5 Å². The smallest absolute Gasteiger partial charge is 0.119 e. The molecule has 27 heavy (non-hydrogen) atoms. The minimum absolute atomic E-state index is 0.0205. The maximum absolute atomic E-state index is 10.7. The van der Waals surface area contributed by atoms with Gasteiger partial charge in [-0.25, -0.2) is 0 Å². The van der Waals surface area contributed by atoms with Gasteiger partial charge in [0.25, 0.3) is 0 Å². The second-order valence-corrected chi connectivity index (χ2v) is 11.8. The zero-order chi connectivity index (χ0) is 20.8. The largest absolute Gasteiger partial charge is 0.508 e. The highest BCUT2D eigenvalue weighted by atomic mass is 31.0. The second-order valence-electron chi connectivity index (χ2n) is 10.3. The Morgan fingerprint density at radius 3 is 1.26 bits per heavy atom. The van der Waals surface area contributed by atoms with Crippen LogP contribution >= 0.6 is 9.24 Å². The number of hydrogen-bond acceptors (Lipinski definition) is 2. The minimum Gasteiger partial charge on any atom is -0.508 e. The van der Waals surface area contributed by atoms with Crippen molar-refractivity contribution in [1.82, 2.24) is 0 Å². The van der Waals surface area contributed by atoms with Gasteiger partial charge in [-0.15, -0.1) is 9.24 Å². The van der Waals surface area contributed by atoms with Crippen molar-refractivity contribution in [3.05, 3.63) is 58.7 Å². The summed E-state index contributed by atoms with van der Waals surface area (Å²) in [5.74, 6) is 0.375. The van der Waals surface area contributed by atoms with Gasteiger partial charge < -0.3 is 10.2 Å². The van der Waals surface area contributed by atoms with E-state index in [9.17, 15) is 10.2 Å². The predicted octanol–water partition coefficient (Wildman–Crippen LogP) is 6.48. The molecule has 2 aromatic carbocycles. The number of benzene rings is 2. The van der Waals surface area contributed by atoms with Crippen molar-refractivity contribution in [2.75, 3.05) is 0 Å². The lowest BCUT2D eigenvalue weighted by atomic mass is 9.76. The number of phenols is 2. The van der Waals surface area contributed by atoms with Crippen LogP contribution in [-0.4, -0.2) is 15.4 Å². The Morgan fingerprint density at radius 2 is 1.00 bits per heavy atom. The van der Waals surface area contributed by atoms with Crippen LogP contribution < -0.4 is 0 Å². The van der Waals surface area contributed by atoms with E-state index < -0.39 is 0 Å². The van der Waals surface area contributed by atoms with Crippen LogP contribution in [0.5, 0.6) is 11.5 Å². The molecule has 3 heteroatoms. The van der Waals surface area contributed by atoms with E-state index in [0.29, 0.717) is 0 Å². The molecule has 2 aromatic rings. The van der Waals surface area contributed by atoms with Crippen LogP contribution in [0.2, 0.25) is 0 Å². The SMILES string of the molecule is CC(C)(C)c1ccc(O)c(C(c2cc(C(C)(C)C)ccc2O)C(C)(C)P)c1. The summed E-state index contributed by atoms with van der Waals surface area (Å²) >= 11 is 0. The Labute approximate surface area is 167 Å². The Hall–Kier alpha value is -1.53. The van der Waals surface area contributed by atoms with E-state index in [0.717, 1.165) is 11.1 Å². The van der Waals surface area contributed by atoms with Crippen molar-refractivity contribution in [2.24, 2.45) is 0 Å². The maximum Gasteiger partial charge on any atom is 0.119 e. The highest BCUT2D eigenvalue weighted by Crippen LogP contribution is 2.48. The van der Waals surface area contributed by atoms with Crippen LogP contribution in [0.15, 0.2) is 36.4 Å². The van der Waals surface area contributed by atoms with Gasteiger partial charge in [0, 0.05) is 17.0 Å². The first kappa shape index (κ1) is 21.8. The Bertz CT molecular complexity index is 754. The fraction of sp³-hybridized carbons (Fsp3) is 0.500. The lowest BCUT2D eigenvalue weighted by molar-refractivity contribution is 0.441. The lowest BCUT2D eigenvalue weighted by Gasteiger charge is -2.34. The molecule has 0 aliphatic heterocycles. The molecule has 2 N–H and O–H groups in total. The van der Waals surface area contributed by atoms with Crippen molar-refractivity contribution in [3.63, 3.8) is 0 Å². The van der Waals surface area contributed by atoms with Crippen LogP contribution in [0.4, 0.5) is 0 Å². The molecule has 0 spiro atoms. The van der Waals surface area contributed by atoms with E-state index in [-0.39, 0.29) is 33.4 Å². The predicted molar refractivity (Wildman–Crippen MR) is 119 cm³/mol. The molecule has 1 atom stereocenters. The Morgan fingerprint density at radius 1 is 0.667 bits per heavy atom. The standard InChI is InChI=1S/C24H35O2P/c1-22(2,3)15-9-11-19(25)17(13-15)21(24(7,8)27)18-14-16(23(4,5)6)10-12-20(18)26/h9-14,21,25-26H,27H2,1-8H3. The van der Waals surface area contributed by atoms with Crippen molar-refractivity contribution in [3.8, 4) is 11.5 Å². The molecular formula is C24H35O2P. The summed E-state index contributed by atoms with van der Waals surface area (Å²) in [5.41, 5.74) is 4.00. The average molecular weight is 387 g/mol. The lowest BCUT2D eigenvalue weighted by Crippen LogP contribution is -2.25. The van der Waals surface area contributed by atoms with Gasteiger partial charge in [-0.1, -0.05) is 79.7 Å². The van der Waals surface area contributed by atoms with Gasteiger partial charge in [0.05, 0.1) is 0 Å². The Kier molecular flexibility index (Phi) is 5.75. The molecule has 0 aliphatic rings. The molecule has 0 radical (unpaired) electrons.